The predicted molar refractivity (Wildman–Crippen MR) is 71.6 cm³/mol. The van der Waals surface area contributed by atoms with Crippen LogP contribution < -0.4 is 0 Å². The number of ether oxygens (including phenoxy) is 3. The third kappa shape index (κ3) is 2.87. The Morgan fingerprint density at radius 2 is 1.95 bits per heavy atom. The molecule has 2 rings (SSSR count). The van der Waals surface area contributed by atoms with Gasteiger partial charge in [-0.2, -0.15) is 0 Å². The fraction of sp³-hybridized carbons (Fsp3) is 0.733. The van der Waals surface area contributed by atoms with Gasteiger partial charge in [0.05, 0.1) is 12.5 Å². The van der Waals surface area contributed by atoms with E-state index in [0.717, 1.165) is 12.8 Å². The second-order valence-corrected chi connectivity index (χ2v) is 5.41. The van der Waals surface area contributed by atoms with Crippen molar-refractivity contribution in [1.82, 2.24) is 0 Å². The zero-order valence-corrected chi connectivity index (χ0v) is 12.3. The van der Waals surface area contributed by atoms with E-state index in [9.17, 15) is 9.59 Å². The highest BCUT2D eigenvalue weighted by atomic mass is 16.7. The van der Waals surface area contributed by atoms with E-state index in [0.29, 0.717) is 5.92 Å². The molecule has 5 heteroatoms. The van der Waals surface area contributed by atoms with Gasteiger partial charge in [0.25, 0.3) is 0 Å². The van der Waals surface area contributed by atoms with E-state index in [1.807, 2.05) is 0 Å². The summed E-state index contributed by atoms with van der Waals surface area (Å²) in [5.41, 5.74) is 0. The fourth-order valence-electron chi connectivity index (χ4n) is 2.99. The minimum absolute atomic E-state index is 0.167. The number of rotatable bonds is 6. The lowest BCUT2D eigenvalue weighted by atomic mass is 9.94. The van der Waals surface area contributed by atoms with Crippen LogP contribution in [0.15, 0.2) is 12.2 Å². The summed E-state index contributed by atoms with van der Waals surface area (Å²) in [6.07, 6.45) is 6.03. The average molecular weight is 282 g/mol. The maximum Gasteiger partial charge on any atom is 0.379 e. The van der Waals surface area contributed by atoms with Crippen LogP contribution in [0.3, 0.4) is 0 Å². The molecule has 5 nitrogen and oxygen atoms in total. The van der Waals surface area contributed by atoms with Gasteiger partial charge in [-0.15, -0.1) is 0 Å². The zero-order valence-electron chi connectivity index (χ0n) is 12.3. The van der Waals surface area contributed by atoms with Crippen molar-refractivity contribution in [1.29, 1.82) is 0 Å². The standard InChI is InChI=1S/C15H22O5/c1-4-18-14(17)15(3,19-5-2)20-13(16)12-9-10-6-7-11(12)8-10/h6-7,10-12H,4-5,8-9H2,1-3H3. The Kier molecular flexibility index (Phi) is 4.48. The van der Waals surface area contributed by atoms with Gasteiger partial charge in [-0.3, -0.25) is 4.79 Å². The predicted octanol–water partition coefficient (Wildman–Crippen LogP) is 2.06. The Bertz CT molecular complexity index is 416. The number of esters is 2. The topological polar surface area (TPSA) is 61.8 Å². The molecule has 0 amide bonds. The van der Waals surface area contributed by atoms with Gasteiger partial charge in [0.2, 0.25) is 0 Å². The third-order valence-corrected chi connectivity index (χ3v) is 3.94. The van der Waals surface area contributed by atoms with Crippen LogP contribution in [-0.4, -0.2) is 30.9 Å². The molecule has 0 aliphatic heterocycles. The van der Waals surface area contributed by atoms with Crippen molar-refractivity contribution in [2.75, 3.05) is 13.2 Å². The quantitative estimate of drug-likeness (QED) is 0.424. The molecule has 1 fully saturated rings. The van der Waals surface area contributed by atoms with Crippen molar-refractivity contribution in [3.63, 3.8) is 0 Å². The molecule has 0 heterocycles. The van der Waals surface area contributed by atoms with Gasteiger partial charge in [0.15, 0.2) is 0 Å². The van der Waals surface area contributed by atoms with E-state index in [2.05, 4.69) is 12.2 Å². The lowest BCUT2D eigenvalue weighted by molar-refractivity contribution is -0.238. The molecule has 0 spiro atoms. The molecule has 2 aliphatic carbocycles. The maximum absolute atomic E-state index is 12.3. The number of carbonyl (C=O) groups is 2. The average Bonchev–Trinajstić information content (AvgIpc) is 3.01. The van der Waals surface area contributed by atoms with E-state index in [-0.39, 0.29) is 31.0 Å². The van der Waals surface area contributed by atoms with Crippen LogP contribution in [0.1, 0.15) is 33.6 Å². The van der Waals surface area contributed by atoms with Crippen LogP contribution in [0, 0.1) is 17.8 Å². The number of carbonyl (C=O) groups excluding carboxylic acids is 2. The van der Waals surface area contributed by atoms with E-state index in [1.165, 1.54) is 6.92 Å². The molecule has 0 aromatic rings. The summed E-state index contributed by atoms with van der Waals surface area (Å²) >= 11 is 0. The summed E-state index contributed by atoms with van der Waals surface area (Å²) in [4.78, 5) is 24.2. The number of hydrogen-bond acceptors (Lipinski definition) is 5. The fourth-order valence-corrected chi connectivity index (χ4v) is 2.99. The second-order valence-electron chi connectivity index (χ2n) is 5.41. The SMILES string of the molecule is CCOC(=O)C(C)(OCC)OC(=O)C1CC2C=CC1C2. The Labute approximate surface area is 119 Å². The number of hydrogen-bond donors (Lipinski definition) is 0. The smallest absolute Gasteiger partial charge is 0.379 e. The van der Waals surface area contributed by atoms with Crippen LogP contribution in [0.5, 0.6) is 0 Å². The van der Waals surface area contributed by atoms with Gasteiger partial charge in [-0.1, -0.05) is 12.2 Å². The van der Waals surface area contributed by atoms with Crippen molar-refractivity contribution in [2.24, 2.45) is 17.8 Å². The minimum Gasteiger partial charge on any atom is -0.461 e. The highest BCUT2D eigenvalue weighted by Crippen LogP contribution is 2.44. The molecule has 4 unspecified atom stereocenters. The Morgan fingerprint density at radius 1 is 1.20 bits per heavy atom. The van der Waals surface area contributed by atoms with Crippen LogP contribution in [0.25, 0.3) is 0 Å². The Morgan fingerprint density at radius 3 is 2.45 bits per heavy atom. The molecule has 1 saturated carbocycles. The summed E-state index contributed by atoms with van der Waals surface area (Å²) in [5, 5.41) is 0. The summed E-state index contributed by atoms with van der Waals surface area (Å²) in [6.45, 7) is 5.36. The Hall–Kier alpha value is -1.36. The molecule has 0 radical (unpaired) electrons. The monoisotopic (exact) mass is 282 g/mol. The van der Waals surface area contributed by atoms with Crippen molar-refractivity contribution >= 4 is 11.9 Å². The van der Waals surface area contributed by atoms with Crippen molar-refractivity contribution < 1.29 is 23.8 Å². The second kappa shape index (κ2) is 5.95. The van der Waals surface area contributed by atoms with Crippen LogP contribution in [0.2, 0.25) is 0 Å². The summed E-state index contributed by atoms with van der Waals surface area (Å²) < 4.78 is 15.6. The molecular formula is C15H22O5. The highest BCUT2D eigenvalue weighted by Gasteiger charge is 2.46. The van der Waals surface area contributed by atoms with Gasteiger partial charge in [0, 0.05) is 13.5 Å². The van der Waals surface area contributed by atoms with Crippen molar-refractivity contribution in [3.05, 3.63) is 12.2 Å². The third-order valence-electron chi connectivity index (χ3n) is 3.94. The molecule has 0 aromatic heterocycles. The first-order valence-corrected chi connectivity index (χ1v) is 7.22. The van der Waals surface area contributed by atoms with Gasteiger partial charge >= 0.3 is 17.7 Å². The first-order valence-electron chi connectivity index (χ1n) is 7.22. The Balaban J connectivity index is 2.02. The van der Waals surface area contributed by atoms with Gasteiger partial charge in [-0.25, -0.2) is 4.79 Å². The minimum atomic E-state index is -1.65. The number of allylic oxidation sites excluding steroid dienone is 2. The van der Waals surface area contributed by atoms with Crippen LogP contribution in [0.4, 0.5) is 0 Å². The van der Waals surface area contributed by atoms with E-state index in [1.54, 1.807) is 13.8 Å². The van der Waals surface area contributed by atoms with Crippen LogP contribution in [-0.2, 0) is 23.8 Å². The molecule has 2 aliphatic rings. The molecule has 112 valence electrons. The summed E-state index contributed by atoms with van der Waals surface area (Å²) in [6, 6.07) is 0. The molecule has 20 heavy (non-hydrogen) atoms. The lowest BCUT2D eigenvalue weighted by Gasteiger charge is -2.29. The summed E-state index contributed by atoms with van der Waals surface area (Å²) in [7, 11) is 0. The molecule has 4 atom stereocenters. The van der Waals surface area contributed by atoms with Crippen LogP contribution >= 0.6 is 0 Å². The first-order chi connectivity index (χ1) is 9.50. The molecule has 0 aromatic carbocycles. The molecule has 0 N–H and O–H groups in total. The summed E-state index contributed by atoms with van der Waals surface area (Å²) in [5.74, 6) is -2.13. The zero-order chi connectivity index (χ0) is 14.8. The van der Waals surface area contributed by atoms with Crippen molar-refractivity contribution in [2.45, 2.75) is 39.4 Å². The van der Waals surface area contributed by atoms with E-state index < -0.39 is 11.8 Å². The highest BCUT2D eigenvalue weighted by molar-refractivity contribution is 5.83. The number of fused-ring (bicyclic) bond motifs is 2. The first kappa shape index (κ1) is 15.0. The normalized spacial score (nSPS) is 30.1. The molecular weight excluding hydrogens is 260 g/mol. The van der Waals surface area contributed by atoms with E-state index in [4.69, 9.17) is 14.2 Å². The van der Waals surface area contributed by atoms with Gasteiger partial charge < -0.3 is 14.2 Å². The molecule has 2 bridgehead atoms. The van der Waals surface area contributed by atoms with Gasteiger partial charge in [0.1, 0.15) is 0 Å². The van der Waals surface area contributed by atoms with E-state index >= 15 is 0 Å². The lowest BCUT2D eigenvalue weighted by Crippen LogP contribution is -2.46. The maximum atomic E-state index is 12.3. The molecule has 0 saturated heterocycles. The largest absolute Gasteiger partial charge is 0.461 e. The van der Waals surface area contributed by atoms with Gasteiger partial charge in [-0.05, 0) is 38.5 Å². The van der Waals surface area contributed by atoms with Crippen molar-refractivity contribution in [3.8, 4) is 0 Å².